The van der Waals surface area contributed by atoms with Gasteiger partial charge in [-0.3, -0.25) is 0 Å². The van der Waals surface area contributed by atoms with Crippen molar-refractivity contribution in [2.45, 2.75) is 18.9 Å². The van der Waals surface area contributed by atoms with Crippen molar-refractivity contribution >= 4 is 11.8 Å². The van der Waals surface area contributed by atoms with Crippen LogP contribution in [0.25, 0.3) is 0 Å². The van der Waals surface area contributed by atoms with Crippen LogP contribution in [0.2, 0.25) is 0 Å². The van der Waals surface area contributed by atoms with E-state index in [9.17, 15) is 0 Å². The summed E-state index contributed by atoms with van der Waals surface area (Å²) >= 11 is 0. The van der Waals surface area contributed by atoms with Crippen molar-refractivity contribution in [3.8, 4) is 11.5 Å². The van der Waals surface area contributed by atoms with Gasteiger partial charge in [0.2, 0.25) is 5.95 Å². The zero-order valence-corrected chi connectivity index (χ0v) is 13.5. The molecule has 1 aliphatic rings. The van der Waals surface area contributed by atoms with E-state index in [2.05, 4.69) is 20.2 Å². The number of methoxy groups -OCH3 is 1. The average molecular weight is 314 g/mol. The zero-order chi connectivity index (χ0) is 16.1. The maximum Gasteiger partial charge on any atom is 0.227 e. The molecule has 0 aliphatic carbocycles. The molecule has 0 spiro atoms. The highest BCUT2D eigenvalue weighted by atomic mass is 16.5. The molecule has 1 saturated heterocycles. The molecule has 0 unspecified atom stereocenters. The number of nitrogens with zero attached hydrogens (tertiary/aromatic N) is 3. The first kappa shape index (κ1) is 15.4. The van der Waals surface area contributed by atoms with E-state index in [1.165, 1.54) is 0 Å². The summed E-state index contributed by atoms with van der Waals surface area (Å²) in [5.41, 5.74) is 0. The first-order valence-corrected chi connectivity index (χ1v) is 7.85. The molecular weight excluding hydrogens is 292 g/mol. The average Bonchev–Trinajstić information content (AvgIpc) is 2.63. The van der Waals surface area contributed by atoms with Gasteiger partial charge < -0.3 is 19.7 Å². The van der Waals surface area contributed by atoms with Crippen molar-refractivity contribution in [3.05, 3.63) is 36.5 Å². The predicted molar refractivity (Wildman–Crippen MR) is 90.4 cm³/mol. The van der Waals surface area contributed by atoms with Crippen molar-refractivity contribution in [2.75, 3.05) is 37.5 Å². The quantitative estimate of drug-likeness (QED) is 0.915. The number of ether oxygens (including phenoxy) is 2. The summed E-state index contributed by atoms with van der Waals surface area (Å²) in [4.78, 5) is 11.1. The highest BCUT2D eigenvalue weighted by Gasteiger charge is 2.23. The van der Waals surface area contributed by atoms with Crippen LogP contribution < -0.4 is 19.7 Å². The lowest BCUT2D eigenvalue weighted by molar-refractivity contribution is 0.164. The minimum absolute atomic E-state index is 0.190. The third-order valence-electron chi connectivity index (χ3n) is 3.99. The van der Waals surface area contributed by atoms with E-state index in [-0.39, 0.29) is 6.10 Å². The van der Waals surface area contributed by atoms with Crippen molar-refractivity contribution in [3.63, 3.8) is 0 Å². The second kappa shape index (κ2) is 7.17. The van der Waals surface area contributed by atoms with Crippen LogP contribution in [0.15, 0.2) is 36.5 Å². The Morgan fingerprint density at radius 3 is 2.57 bits per heavy atom. The van der Waals surface area contributed by atoms with E-state index in [1.54, 1.807) is 13.3 Å². The number of aromatic nitrogens is 2. The molecule has 1 N–H and O–H groups in total. The van der Waals surface area contributed by atoms with Crippen molar-refractivity contribution in [1.29, 1.82) is 0 Å². The number of benzene rings is 1. The van der Waals surface area contributed by atoms with Crippen molar-refractivity contribution < 1.29 is 9.47 Å². The summed E-state index contributed by atoms with van der Waals surface area (Å²) in [6.45, 7) is 1.76. The highest BCUT2D eigenvalue weighted by molar-refractivity contribution is 5.41. The Kier molecular flexibility index (Phi) is 4.80. The number of anilines is 2. The summed E-state index contributed by atoms with van der Waals surface area (Å²) < 4.78 is 11.4. The van der Waals surface area contributed by atoms with Crippen LogP contribution in [-0.4, -0.2) is 43.3 Å². The van der Waals surface area contributed by atoms with Gasteiger partial charge in [-0.05, 0) is 18.2 Å². The fourth-order valence-electron chi connectivity index (χ4n) is 2.71. The maximum atomic E-state index is 6.10. The molecule has 1 aliphatic heterocycles. The largest absolute Gasteiger partial charge is 0.493 e. The lowest BCUT2D eigenvalue weighted by Gasteiger charge is -2.32. The Morgan fingerprint density at radius 1 is 1.13 bits per heavy atom. The Balaban J connectivity index is 1.60. The zero-order valence-electron chi connectivity index (χ0n) is 13.5. The third kappa shape index (κ3) is 3.64. The van der Waals surface area contributed by atoms with E-state index >= 15 is 0 Å². The predicted octanol–water partition coefficient (Wildman–Crippen LogP) is 2.57. The molecule has 23 heavy (non-hydrogen) atoms. The molecule has 0 atom stereocenters. The summed E-state index contributed by atoms with van der Waals surface area (Å²) in [6, 6.07) is 9.64. The smallest absolute Gasteiger partial charge is 0.227 e. The molecule has 6 nitrogen and oxygen atoms in total. The van der Waals surface area contributed by atoms with Gasteiger partial charge in [0, 0.05) is 39.2 Å². The summed E-state index contributed by atoms with van der Waals surface area (Å²) in [6.07, 6.45) is 3.84. The van der Waals surface area contributed by atoms with Gasteiger partial charge in [-0.15, -0.1) is 0 Å². The van der Waals surface area contributed by atoms with E-state index in [0.29, 0.717) is 0 Å². The number of nitrogens with one attached hydrogen (secondary N) is 1. The molecule has 0 amide bonds. The molecule has 122 valence electrons. The lowest BCUT2D eigenvalue weighted by Crippen LogP contribution is -2.39. The van der Waals surface area contributed by atoms with Gasteiger partial charge in [0.05, 0.1) is 7.11 Å². The molecule has 0 saturated carbocycles. The number of piperidine rings is 1. The number of hydrogen-bond acceptors (Lipinski definition) is 6. The van der Waals surface area contributed by atoms with Crippen LogP contribution in [0.5, 0.6) is 11.5 Å². The summed E-state index contributed by atoms with van der Waals surface area (Å²) in [5.74, 6) is 3.19. The van der Waals surface area contributed by atoms with Gasteiger partial charge in [-0.25, -0.2) is 4.98 Å². The van der Waals surface area contributed by atoms with E-state index < -0.39 is 0 Å². The Morgan fingerprint density at radius 2 is 1.87 bits per heavy atom. The van der Waals surface area contributed by atoms with E-state index in [1.807, 2.05) is 37.4 Å². The van der Waals surface area contributed by atoms with Gasteiger partial charge in [-0.2, -0.15) is 4.98 Å². The Labute approximate surface area is 136 Å². The van der Waals surface area contributed by atoms with Gasteiger partial charge in [0.15, 0.2) is 11.5 Å². The normalized spacial score (nSPS) is 15.3. The molecule has 2 aromatic rings. The summed E-state index contributed by atoms with van der Waals surface area (Å²) in [5, 5.41) is 3.04. The molecule has 6 heteroatoms. The SMILES string of the molecule is CNc1ccnc(N2CCC(Oc3ccccc3OC)CC2)n1. The third-order valence-corrected chi connectivity index (χ3v) is 3.99. The van der Waals surface area contributed by atoms with E-state index in [0.717, 1.165) is 49.2 Å². The first-order valence-electron chi connectivity index (χ1n) is 7.85. The van der Waals surface area contributed by atoms with Crippen LogP contribution in [0.4, 0.5) is 11.8 Å². The van der Waals surface area contributed by atoms with Crippen LogP contribution in [0.1, 0.15) is 12.8 Å². The van der Waals surface area contributed by atoms with Crippen LogP contribution in [0.3, 0.4) is 0 Å². The fraction of sp³-hybridized carbons (Fsp3) is 0.412. The number of rotatable bonds is 5. The molecule has 1 aromatic carbocycles. The Bertz CT molecular complexity index is 642. The second-order valence-corrected chi connectivity index (χ2v) is 5.45. The van der Waals surface area contributed by atoms with Crippen molar-refractivity contribution in [1.82, 2.24) is 9.97 Å². The van der Waals surface area contributed by atoms with Crippen LogP contribution in [-0.2, 0) is 0 Å². The van der Waals surface area contributed by atoms with E-state index in [4.69, 9.17) is 9.47 Å². The number of hydrogen-bond donors (Lipinski definition) is 1. The maximum absolute atomic E-state index is 6.10. The van der Waals surface area contributed by atoms with Crippen LogP contribution in [0, 0.1) is 0 Å². The van der Waals surface area contributed by atoms with Crippen molar-refractivity contribution in [2.24, 2.45) is 0 Å². The molecule has 3 rings (SSSR count). The highest BCUT2D eigenvalue weighted by Crippen LogP contribution is 2.29. The molecular formula is C17H22N4O2. The van der Waals surface area contributed by atoms with Gasteiger partial charge in [-0.1, -0.05) is 12.1 Å². The first-order chi connectivity index (χ1) is 11.3. The molecule has 1 aromatic heterocycles. The van der Waals surface area contributed by atoms with Gasteiger partial charge in [0.1, 0.15) is 11.9 Å². The minimum atomic E-state index is 0.190. The Hall–Kier alpha value is -2.50. The molecule has 0 radical (unpaired) electrons. The minimum Gasteiger partial charge on any atom is -0.493 e. The molecule has 0 bridgehead atoms. The number of para-hydroxylation sites is 2. The molecule has 2 heterocycles. The van der Waals surface area contributed by atoms with Gasteiger partial charge in [0.25, 0.3) is 0 Å². The lowest BCUT2D eigenvalue weighted by atomic mass is 10.1. The monoisotopic (exact) mass is 314 g/mol. The standard InChI is InChI=1S/C17H22N4O2/c1-18-16-7-10-19-17(20-16)21-11-8-13(9-12-21)23-15-6-4-3-5-14(15)22-2/h3-7,10,13H,8-9,11-12H2,1-2H3,(H,18,19,20). The fourth-order valence-corrected chi connectivity index (χ4v) is 2.71. The van der Waals surface area contributed by atoms with Crippen LogP contribution >= 0.6 is 0 Å². The summed E-state index contributed by atoms with van der Waals surface area (Å²) in [7, 11) is 3.52. The topological polar surface area (TPSA) is 59.5 Å². The second-order valence-electron chi connectivity index (χ2n) is 5.45. The van der Waals surface area contributed by atoms with Gasteiger partial charge >= 0.3 is 0 Å². The molecule has 1 fully saturated rings.